The Balaban J connectivity index is 2.06. The molecule has 1 fully saturated rings. The van der Waals surface area contributed by atoms with Gasteiger partial charge in [-0.2, -0.15) is 0 Å². The Bertz CT molecular complexity index is 406. The van der Waals surface area contributed by atoms with Gasteiger partial charge in [0.1, 0.15) is 0 Å². The Morgan fingerprint density at radius 2 is 1.79 bits per heavy atom. The molecule has 1 aromatic carbocycles. The van der Waals surface area contributed by atoms with Crippen LogP contribution >= 0.6 is 0 Å². The number of hydrogen-bond donors (Lipinski definition) is 1. The molecule has 0 spiro atoms. The minimum atomic E-state index is -0.667. The number of ether oxygens (including phenoxy) is 1. The molecule has 0 radical (unpaired) electrons. The highest BCUT2D eigenvalue weighted by atomic mass is 16.5. The largest absolute Gasteiger partial charge is 0.389 e. The van der Waals surface area contributed by atoms with Crippen LogP contribution in [0.5, 0.6) is 0 Å². The van der Waals surface area contributed by atoms with Gasteiger partial charge in [-0.15, -0.1) is 0 Å². The summed E-state index contributed by atoms with van der Waals surface area (Å²) >= 11 is 0. The molecule has 1 heterocycles. The van der Waals surface area contributed by atoms with E-state index >= 15 is 0 Å². The second kappa shape index (κ2) is 5.26. The van der Waals surface area contributed by atoms with Gasteiger partial charge in [0.15, 0.2) is 0 Å². The van der Waals surface area contributed by atoms with E-state index in [0.29, 0.717) is 13.0 Å². The lowest BCUT2D eigenvalue weighted by Gasteiger charge is -2.29. The highest BCUT2D eigenvalue weighted by Gasteiger charge is 2.34. The zero-order valence-corrected chi connectivity index (χ0v) is 12.6. The fourth-order valence-corrected chi connectivity index (χ4v) is 2.71. The molecule has 0 amide bonds. The van der Waals surface area contributed by atoms with E-state index in [-0.39, 0.29) is 11.3 Å². The van der Waals surface area contributed by atoms with Crippen LogP contribution in [0.1, 0.15) is 45.2 Å². The molecule has 2 nitrogen and oxygen atoms in total. The van der Waals surface area contributed by atoms with Gasteiger partial charge in [-0.1, -0.05) is 45.0 Å². The predicted molar refractivity (Wildman–Crippen MR) is 78.4 cm³/mol. The highest BCUT2D eigenvalue weighted by Crippen LogP contribution is 2.30. The Morgan fingerprint density at radius 1 is 1.16 bits per heavy atom. The van der Waals surface area contributed by atoms with E-state index in [0.717, 1.165) is 13.0 Å². The van der Waals surface area contributed by atoms with Crippen LogP contribution in [0.15, 0.2) is 24.3 Å². The van der Waals surface area contributed by atoms with E-state index in [2.05, 4.69) is 45.0 Å². The van der Waals surface area contributed by atoms with Gasteiger partial charge >= 0.3 is 0 Å². The normalized spacial score (nSPS) is 23.3. The van der Waals surface area contributed by atoms with Crippen molar-refractivity contribution in [2.24, 2.45) is 5.92 Å². The van der Waals surface area contributed by atoms with Crippen molar-refractivity contribution in [3.05, 3.63) is 35.4 Å². The van der Waals surface area contributed by atoms with Crippen LogP contribution in [0, 0.1) is 5.92 Å². The number of aliphatic hydroxyl groups is 1. The fourth-order valence-electron chi connectivity index (χ4n) is 2.71. The summed E-state index contributed by atoms with van der Waals surface area (Å²) in [5.74, 6) is 0.259. The Morgan fingerprint density at radius 3 is 2.26 bits per heavy atom. The van der Waals surface area contributed by atoms with Crippen LogP contribution in [0.3, 0.4) is 0 Å². The van der Waals surface area contributed by atoms with E-state index in [1.54, 1.807) is 0 Å². The lowest BCUT2D eigenvalue weighted by molar-refractivity contribution is -0.00454. The molecule has 1 aliphatic heterocycles. The smallest absolute Gasteiger partial charge is 0.0710 e. The summed E-state index contributed by atoms with van der Waals surface area (Å²) < 4.78 is 5.38. The first kappa shape index (κ1) is 14.5. The molecule has 0 aliphatic carbocycles. The minimum absolute atomic E-state index is 0.181. The van der Waals surface area contributed by atoms with Gasteiger partial charge in [-0.3, -0.25) is 0 Å². The average molecular weight is 262 g/mol. The quantitative estimate of drug-likeness (QED) is 0.905. The van der Waals surface area contributed by atoms with Crippen molar-refractivity contribution in [2.75, 3.05) is 13.2 Å². The summed E-state index contributed by atoms with van der Waals surface area (Å²) in [7, 11) is 0. The lowest BCUT2D eigenvalue weighted by Crippen LogP contribution is -2.37. The monoisotopic (exact) mass is 262 g/mol. The molecule has 0 aromatic heterocycles. The fraction of sp³-hybridized carbons (Fsp3) is 0.647. The zero-order chi connectivity index (χ0) is 14.1. The molecule has 106 valence electrons. The predicted octanol–water partition coefficient (Wildman–Crippen LogP) is 3.31. The molecule has 0 saturated carbocycles. The summed E-state index contributed by atoms with van der Waals surface area (Å²) in [5, 5.41) is 10.6. The van der Waals surface area contributed by atoms with Gasteiger partial charge in [0.25, 0.3) is 0 Å². The van der Waals surface area contributed by atoms with Gasteiger partial charge in [0.2, 0.25) is 0 Å². The van der Waals surface area contributed by atoms with E-state index in [1.165, 1.54) is 11.1 Å². The van der Waals surface area contributed by atoms with Crippen molar-refractivity contribution in [1.82, 2.24) is 0 Å². The maximum atomic E-state index is 10.6. The van der Waals surface area contributed by atoms with Crippen molar-refractivity contribution in [2.45, 2.75) is 51.6 Å². The Kier molecular flexibility index (Phi) is 4.03. The van der Waals surface area contributed by atoms with E-state index < -0.39 is 5.60 Å². The molecule has 2 heteroatoms. The third kappa shape index (κ3) is 3.58. The zero-order valence-electron chi connectivity index (χ0n) is 12.6. The maximum absolute atomic E-state index is 10.6. The maximum Gasteiger partial charge on any atom is 0.0710 e. The van der Waals surface area contributed by atoms with Gasteiger partial charge < -0.3 is 9.84 Å². The molecule has 19 heavy (non-hydrogen) atoms. The standard InChI is InChI=1S/C17H26O2/c1-16(2,3)14-7-5-13(6-8-14)11-17(4,18)15-9-10-19-12-15/h5-8,15,18H,9-12H2,1-4H3. The summed E-state index contributed by atoms with van der Waals surface area (Å²) in [5.41, 5.74) is 2.05. The van der Waals surface area contributed by atoms with Gasteiger partial charge in [-0.25, -0.2) is 0 Å². The Labute approximate surface area is 116 Å². The summed E-state index contributed by atoms with van der Waals surface area (Å²) in [4.78, 5) is 0. The average Bonchev–Trinajstić information content (AvgIpc) is 2.82. The first-order valence-electron chi connectivity index (χ1n) is 7.18. The highest BCUT2D eigenvalue weighted by molar-refractivity contribution is 5.28. The van der Waals surface area contributed by atoms with Crippen LogP contribution in [0.25, 0.3) is 0 Å². The van der Waals surface area contributed by atoms with Crippen LogP contribution in [-0.2, 0) is 16.6 Å². The van der Waals surface area contributed by atoms with E-state index in [9.17, 15) is 5.11 Å². The second-order valence-corrected chi connectivity index (χ2v) is 7.04. The van der Waals surface area contributed by atoms with Crippen LogP contribution < -0.4 is 0 Å². The number of rotatable bonds is 3. The number of hydrogen-bond acceptors (Lipinski definition) is 2. The first-order valence-corrected chi connectivity index (χ1v) is 7.18. The van der Waals surface area contributed by atoms with Gasteiger partial charge in [0, 0.05) is 18.9 Å². The van der Waals surface area contributed by atoms with Crippen molar-refractivity contribution in [3.8, 4) is 0 Å². The van der Waals surface area contributed by atoms with Crippen LogP contribution in [-0.4, -0.2) is 23.9 Å². The molecular weight excluding hydrogens is 236 g/mol. The molecule has 2 rings (SSSR count). The molecular formula is C17H26O2. The van der Waals surface area contributed by atoms with Crippen molar-refractivity contribution in [3.63, 3.8) is 0 Å². The van der Waals surface area contributed by atoms with Crippen molar-refractivity contribution >= 4 is 0 Å². The van der Waals surface area contributed by atoms with E-state index in [1.807, 2.05) is 6.92 Å². The summed E-state index contributed by atoms with van der Waals surface area (Å²) in [6.07, 6.45) is 1.67. The molecule has 1 aromatic rings. The molecule has 2 atom stereocenters. The SMILES string of the molecule is CC(C)(C)c1ccc(CC(C)(O)C2CCOC2)cc1. The minimum Gasteiger partial charge on any atom is -0.389 e. The van der Waals surface area contributed by atoms with Crippen LogP contribution in [0.4, 0.5) is 0 Å². The summed E-state index contributed by atoms with van der Waals surface area (Å²) in [6, 6.07) is 8.64. The lowest BCUT2D eigenvalue weighted by atomic mass is 9.82. The molecule has 1 aliphatic rings. The van der Waals surface area contributed by atoms with Crippen molar-refractivity contribution in [1.29, 1.82) is 0 Å². The Hall–Kier alpha value is -0.860. The number of benzene rings is 1. The first-order chi connectivity index (χ1) is 8.79. The van der Waals surface area contributed by atoms with Gasteiger partial charge in [-0.05, 0) is 29.9 Å². The molecule has 1 saturated heterocycles. The van der Waals surface area contributed by atoms with Gasteiger partial charge in [0.05, 0.1) is 12.2 Å². The topological polar surface area (TPSA) is 29.5 Å². The van der Waals surface area contributed by atoms with Crippen molar-refractivity contribution < 1.29 is 9.84 Å². The van der Waals surface area contributed by atoms with Crippen LogP contribution in [0.2, 0.25) is 0 Å². The third-order valence-corrected chi connectivity index (χ3v) is 4.19. The summed E-state index contributed by atoms with van der Waals surface area (Å²) in [6.45, 7) is 10.1. The molecule has 0 bridgehead atoms. The second-order valence-electron chi connectivity index (χ2n) is 7.04. The third-order valence-electron chi connectivity index (χ3n) is 4.19. The molecule has 1 N–H and O–H groups in total. The molecule has 2 unspecified atom stereocenters. The van der Waals surface area contributed by atoms with E-state index in [4.69, 9.17) is 4.74 Å².